The first-order chi connectivity index (χ1) is 8.83. The second-order valence-corrected chi connectivity index (χ2v) is 5.57. The molecule has 3 nitrogen and oxygen atoms in total. The Morgan fingerprint density at radius 2 is 1.83 bits per heavy atom. The Hall–Kier alpha value is -1.06. The first kappa shape index (κ1) is 12.0. The summed E-state index contributed by atoms with van der Waals surface area (Å²) in [6.45, 7) is 5.66. The van der Waals surface area contributed by atoms with Crippen LogP contribution >= 0.6 is 0 Å². The Labute approximate surface area is 110 Å². The number of nitrogens with zero attached hydrogens (tertiary/aromatic N) is 2. The molecule has 98 valence electrons. The third kappa shape index (κ3) is 2.85. The van der Waals surface area contributed by atoms with E-state index in [2.05, 4.69) is 46.4 Å². The van der Waals surface area contributed by atoms with Crippen molar-refractivity contribution < 1.29 is 0 Å². The maximum absolute atomic E-state index is 3.62. The van der Waals surface area contributed by atoms with Gasteiger partial charge in [-0.15, -0.1) is 0 Å². The normalized spacial score (nSPS) is 21.3. The molecule has 1 heterocycles. The number of hydrogen-bond acceptors (Lipinski definition) is 3. The zero-order valence-corrected chi connectivity index (χ0v) is 11.2. The van der Waals surface area contributed by atoms with Gasteiger partial charge in [0.05, 0.1) is 0 Å². The fourth-order valence-corrected chi connectivity index (χ4v) is 2.56. The van der Waals surface area contributed by atoms with Gasteiger partial charge in [-0.3, -0.25) is 0 Å². The van der Waals surface area contributed by atoms with E-state index >= 15 is 0 Å². The standard InChI is InChI=1S/C15H23N3/c1-17-8-10-18(11-9-17)15-5-3-2-4-13(15)12-16-14-6-7-14/h2-5,14,16H,6-12H2,1H3. The lowest BCUT2D eigenvalue weighted by Crippen LogP contribution is -2.44. The molecule has 1 saturated heterocycles. The van der Waals surface area contributed by atoms with E-state index in [1.165, 1.54) is 37.2 Å². The van der Waals surface area contributed by atoms with Crippen LogP contribution in [0.4, 0.5) is 5.69 Å². The van der Waals surface area contributed by atoms with Crippen molar-refractivity contribution in [3.63, 3.8) is 0 Å². The van der Waals surface area contributed by atoms with Crippen LogP contribution < -0.4 is 10.2 Å². The molecule has 1 aromatic carbocycles. The predicted molar refractivity (Wildman–Crippen MR) is 76.0 cm³/mol. The van der Waals surface area contributed by atoms with Crippen molar-refractivity contribution >= 4 is 5.69 Å². The summed E-state index contributed by atoms with van der Waals surface area (Å²) in [5.74, 6) is 0. The number of hydrogen-bond donors (Lipinski definition) is 1. The average molecular weight is 245 g/mol. The molecule has 1 aromatic rings. The maximum atomic E-state index is 3.62. The summed E-state index contributed by atoms with van der Waals surface area (Å²) in [6, 6.07) is 9.64. The monoisotopic (exact) mass is 245 g/mol. The van der Waals surface area contributed by atoms with Crippen molar-refractivity contribution in [3.05, 3.63) is 29.8 Å². The average Bonchev–Trinajstić information content (AvgIpc) is 3.22. The highest BCUT2D eigenvalue weighted by Gasteiger charge is 2.21. The number of piperazine rings is 1. The zero-order chi connectivity index (χ0) is 12.4. The Balaban J connectivity index is 1.69. The van der Waals surface area contributed by atoms with Gasteiger partial charge >= 0.3 is 0 Å². The lowest BCUT2D eigenvalue weighted by Gasteiger charge is -2.35. The predicted octanol–water partition coefficient (Wildman–Crippen LogP) is 1.69. The van der Waals surface area contributed by atoms with Crippen molar-refractivity contribution in [2.24, 2.45) is 0 Å². The molecule has 1 N–H and O–H groups in total. The summed E-state index contributed by atoms with van der Waals surface area (Å²) in [5, 5.41) is 3.62. The molecule has 1 aliphatic carbocycles. The third-order valence-electron chi connectivity index (χ3n) is 3.99. The largest absolute Gasteiger partial charge is 0.369 e. The van der Waals surface area contributed by atoms with Crippen LogP contribution in [0.5, 0.6) is 0 Å². The van der Waals surface area contributed by atoms with E-state index in [1.54, 1.807) is 0 Å². The van der Waals surface area contributed by atoms with Crippen LogP contribution in [0.15, 0.2) is 24.3 Å². The van der Waals surface area contributed by atoms with Gasteiger partial charge in [-0.2, -0.15) is 0 Å². The van der Waals surface area contributed by atoms with Gasteiger partial charge in [-0.25, -0.2) is 0 Å². The van der Waals surface area contributed by atoms with Crippen LogP contribution in [-0.4, -0.2) is 44.2 Å². The molecule has 3 rings (SSSR count). The van der Waals surface area contributed by atoms with E-state index in [-0.39, 0.29) is 0 Å². The minimum Gasteiger partial charge on any atom is -0.369 e. The fraction of sp³-hybridized carbons (Fsp3) is 0.600. The molecule has 0 amide bonds. The number of para-hydroxylation sites is 1. The minimum absolute atomic E-state index is 0.783. The van der Waals surface area contributed by atoms with Gasteiger partial charge in [0.2, 0.25) is 0 Å². The molecule has 0 radical (unpaired) electrons. The van der Waals surface area contributed by atoms with Crippen LogP contribution in [-0.2, 0) is 6.54 Å². The number of anilines is 1. The van der Waals surface area contributed by atoms with Crippen molar-refractivity contribution in [1.29, 1.82) is 0 Å². The quantitative estimate of drug-likeness (QED) is 0.871. The second kappa shape index (κ2) is 5.29. The molecule has 18 heavy (non-hydrogen) atoms. The van der Waals surface area contributed by atoms with Crippen LogP contribution in [0.3, 0.4) is 0 Å². The van der Waals surface area contributed by atoms with E-state index in [0.29, 0.717) is 0 Å². The smallest absolute Gasteiger partial charge is 0.0412 e. The van der Waals surface area contributed by atoms with Gasteiger partial charge in [-0.1, -0.05) is 18.2 Å². The van der Waals surface area contributed by atoms with Gasteiger partial charge in [0.1, 0.15) is 0 Å². The maximum Gasteiger partial charge on any atom is 0.0412 e. The Kier molecular flexibility index (Phi) is 3.52. The summed E-state index contributed by atoms with van der Waals surface area (Å²) in [7, 11) is 2.21. The van der Waals surface area contributed by atoms with Gasteiger partial charge in [0, 0.05) is 44.5 Å². The van der Waals surface area contributed by atoms with Crippen molar-refractivity contribution in [1.82, 2.24) is 10.2 Å². The lowest BCUT2D eigenvalue weighted by molar-refractivity contribution is 0.312. The first-order valence-electron chi connectivity index (χ1n) is 7.08. The molecule has 1 saturated carbocycles. The molecule has 0 unspecified atom stereocenters. The third-order valence-corrected chi connectivity index (χ3v) is 3.99. The molecule has 2 fully saturated rings. The first-order valence-corrected chi connectivity index (χ1v) is 7.08. The summed E-state index contributed by atoms with van der Waals surface area (Å²) < 4.78 is 0. The van der Waals surface area contributed by atoms with Crippen LogP contribution in [0.1, 0.15) is 18.4 Å². The second-order valence-electron chi connectivity index (χ2n) is 5.57. The Bertz CT molecular complexity index is 392. The highest BCUT2D eigenvalue weighted by molar-refractivity contribution is 5.54. The molecule has 0 aromatic heterocycles. The van der Waals surface area contributed by atoms with E-state index < -0.39 is 0 Å². The van der Waals surface area contributed by atoms with Crippen LogP contribution in [0.2, 0.25) is 0 Å². The summed E-state index contributed by atoms with van der Waals surface area (Å²) >= 11 is 0. The van der Waals surface area contributed by atoms with Gasteiger partial charge < -0.3 is 15.1 Å². The molecule has 0 atom stereocenters. The molecule has 2 aliphatic rings. The Morgan fingerprint density at radius 3 is 2.56 bits per heavy atom. The highest BCUT2D eigenvalue weighted by atomic mass is 15.2. The summed E-state index contributed by atoms with van der Waals surface area (Å²) in [4.78, 5) is 4.94. The molecular formula is C15H23N3. The van der Waals surface area contributed by atoms with Gasteiger partial charge in [0.15, 0.2) is 0 Å². The van der Waals surface area contributed by atoms with Crippen molar-refractivity contribution in [3.8, 4) is 0 Å². The highest BCUT2D eigenvalue weighted by Crippen LogP contribution is 2.24. The molecular weight excluding hydrogens is 222 g/mol. The van der Waals surface area contributed by atoms with Crippen molar-refractivity contribution in [2.45, 2.75) is 25.4 Å². The van der Waals surface area contributed by atoms with Gasteiger partial charge in [0.25, 0.3) is 0 Å². The molecule has 1 aliphatic heterocycles. The topological polar surface area (TPSA) is 18.5 Å². The van der Waals surface area contributed by atoms with Crippen LogP contribution in [0, 0.1) is 0 Å². The van der Waals surface area contributed by atoms with E-state index in [1.807, 2.05) is 0 Å². The van der Waals surface area contributed by atoms with Gasteiger partial charge in [-0.05, 0) is 31.5 Å². The SMILES string of the molecule is CN1CCN(c2ccccc2CNC2CC2)CC1. The lowest BCUT2D eigenvalue weighted by atomic mass is 10.1. The number of nitrogens with one attached hydrogen (secondary N) is 1. The fourth-order valence-electron chi connectivity index (χ4n) is 2.56. The molecule has 3 heteroatoms. The number of likely N-dealkylation sites (N-methyl/N-ethyl adjacent to an activating group) is 1. The summed E-state index contributed by atoms with van der Waals surface area (Å²) in [5.41, 5.74) is 2.88. The van der Waals surface area contributed by atoms with Crippen LogP contribution in [0.25, 0.3) is 0 Å². The number of rotatable bonds is 4. The Morgan fingerprint density at radius 1 is 1.11 bits per heavy atom. The van der Waals surface area contributed by atoms with E-state index in [9.17, 15) is 0 Å². The van der Waals surface area contributed by atoms with E-state index in [0.717, 1.165) is 25.7 Å². The number of benzene rings is 1. The zero-order valence-electron chi connectivity index (χ0n) is 11.2. The van der Waals surface area contributed by atoms with Crippen molar-refractivity contribution in [2.75, 3.05) is 38.1 Å². The van der Waals surface area contributed by atoms with E-state index in [4.69, 9.17) is 0 Å². The molecule has 0 spiro atoms. The minimum atomic E-state index is 0.783. The molecule has 0 bridgehead atoms. The summed E-state index contributed by atoms with van der Waals surface area (Å²) in [6.07, 6.45) is 2.72.